The van der Waals surface area contributed by atoms with E-state index in [2.05, 4.69) is 47.6 Å². The van der Waals surface area contributed by atoms with Gasteiger partial charge in [0.1, 0.15) is 6.33 Å². The Balaban J connectivity index is 1.51. The van der Waals surface area contributed by atoms with Gasteiger partial charge in [0.2, 0.25) is 0 Å². The van der Waals surface area contributed by atoms with E-state index in [0.717, 1.165) is 12.1 Å². The van der Waals surface area contributed by atoms with E-state index in [0.29, 0.717) is 21.5 Å². The topological polar surface area (TPSA) is 98.2 Å². The molecule has 0 radical (unpaired) electrons. The van der Waals surface area contributed by atoms with Crippen LogP contribution in [-0.2, 0) is 7.05 Å². The maximum absolute atomic E-state index is 11.6. The molecule has 1 N–H and O–H groups in total. The number of benzene rings is 1. The first-order valence-corrected chi connectivity index (χ1v) is 10.4. The zero-order valence-corrected chi connectivity index (χ0v) is 17.7. The Bertz CT molecular complexity index is 1030. The van der Waals surface area contributed by atoms with Crippen LogP contribution < -0.4 is 5.43 Å². The van der Waals surface area contributed by atoms with Crippen LogP contribution in [0.25, 0.3) is 0 Å². The molecule has 2 aromatic rings. The van der Waals surface area contributed by atoms with Crippen LogP contribution in [0, 0.1) is 26.9 Å². The fourth-order valence-corrected chi connectivity index (χ4v) is 5.19. The average Bonchev–Trinajstić information content (AvgIpc) is 3.23. The van der Waals surface area contributed by atoms with E-state index < -0.39 is 0 Å². The third-order valence-corrected chi connectivity index (χ3v) is 7.83. The van der Waals surface area contributed by atoms with Crippen molar-refractivity contribution >= 4 is 23.7 Å². The molecule has 2 aliphatic carbocycles. The Morgan fingerprint density at radius 3 is 2.79 bits per heavy atom. The molecule has 8 nitrogen and oxygen atoms in total. The highest BCUT2D eigenvalue weighted by molar-refractivity contribution is 7.99. The van der Waals surface area contributed by atoms with E-state index in [9.17, 15) is 10.1 Å². The predicted octanol–water partition coefficient (Wildman–Crippen LogP) is 4.14. The minimum absolute atomic E-state index is 0.0224. The van der Waals surface area contributed by atoms with Crippen LogP contribution in [0.2, 0.25) is 0 Å². The molecule has 29 heavy (non-hydrogen) atoms. The standard InChI is InChI=1S/C20H24N6O2S/c1-19(2)14-7-8-20(19,3)17(10-14)23-21-11-13-5-6-16(15(9-13)26(27)28)29-18-24-22-12-25(18)4/h5-6,9-12,14,23H,7-8H2,1-4H3/b21-11-/t14-,20+/m1/s1. The van der Waals surface area contributed by atoms with Crippen LogP contribution in [0.5, 0.6) is 0 Å². The average molecular weight is 413 g/mol. The van der Waals surface area contributed by atoms with Crippen LogP contribution in [-0.4, -0.2) is 25.9 Å². The number of rotatable bonds is 6. The third kappa shape index (κ3) is 3.23. The van der Waals surface area contributed by atoms with Crippen molar-refractivity contribution in [1.82, 2.24) is 20.2 Å². The molecule has 2 bridgehead atoms. The number of hydrazone groups is 1. The van der Waals surface area contributed by atoms with Gasteiger partial charge in [0.05, 0.1) is 16.0 Å². The number of fused-ring (bicyclic) bond motifs is 2. The number of aryl methyl sites for hydroxylation is 1. The number of nitro groups is 1. The predicted molar refractivity (Wildman–Crippen MR) is 112 cm³/mol. The summed E-state index contributed by atoms with van der Waals surface area (Å²) in [7, 11) is 1.80. The second-order valence-electron chi connectivity index (χ2n) is 8.46. The lowest BCUT2D eigenvalue weighted by molar-refractivity contribution is -0.387. The highest BCUT2D eigenvalue weighted by atomic mass is 32.2. The summed E-state index contributed by atoms with van der Waals surface area (Å²) in [5.41, 5.74) is 5.36. The van der Waals surface area contributed by atoms with Gasteiger partial charge in [0, 0.05) is 29.8 Å². The van der Waals surface area contributed by atoms with Gasteiger partial charge < -0.3 is 4.57 Å². The minimum atomic E-state index is -0.383. The number of hydrogen-bond acceptors (Lipinski definition) is 7. The Morgan fingerprint density at radius 1 is 1.41 bits per heavy atom. The van der Waals surface area contributed by atoms with E-state index in [1.165, 1.54) is 24.2 Å². The summed E-state index contributed by atoms with van der Waals surface area (Å²) >= 11 is 1.21. The molecule has 1 aromatic heterocycles. The highest BCUT2D eigenvalue weighted by Crippen LogP contribution is 2.64. The molecule has 1 fully saturated rings. The molecular weight excluding hydrogens is 388 g/mol. The van der Waals surface area contributed by atoms with Gasteiger partial charge in [-0.05, 0) is 42.0 Å². The largest absolute Gasteiger partial charge is 0.311 e. The van der Waals surface area contributed by atoms with Crippen LogP contribution >= 0.6 is 11.8 Å². The van der Waals surface area contributed by atoms with Crippen LogP contribution in [0.15, 0.2) is 51.5 Å². The Kier molecular flexibility index (Phi) is 4.72. The Labute approximate surface area is 173 Å². The van der Waals surface area contributed by atoms with E-state index >= 15 is 0 Å². The summed E-state index contributed by atoms with van der Waals surface area (Å²) in [6, 6.07) is 5.07. The molecule has 4 rings (SSSR count). The molecule has 1 saturated carbocycles. The molecule has 2 aliphatic rings. The highest BCUT2D eigenvalue weighted by Gasteiger charge is 2.57. The van der Waals surface area contributed by atoms with Crippen molar-refractivity contribution in [3.63, 3.8) is 0 Å². The monoisotopic (exact) mass is 412 g/mol. The number of allylic oxidation sites excluding steroid dienone is 2. The lowest BCUT2D eigenvalue weighted by Crippen LogP contribution is -2.33. The fraction of sp³-hybridized carbons (Fsp3) is 0.450. The quantitative estimate of drug-likeness (QED) is 0.435. The van der Waals surface area contributed by atoms with Gasteiger partial charge in [-0.3, -0.25) is 15.5 Å². The van der Waals surface area contributed by atoms with Gasteiger partial charge in [0.25, 0.3) is 5.69 Å². The molecule has 0 aliphatic heterocycles. The zero-order chi connectivity index (χ0) is 20.8. The first-order valence-electron chi connectivity index (χ1n) is 9.54. The second-order valence-corrected chi connectivity index (χ2v) is 9.47. The number of nitrogens with one attached hydrogen (secondary N) is 1. The molecule has 0 saturated heterocycles. The lowest BCUT2D eigenvalue weighted by Gasteiger charge is -2.36. The fourth-order valence-electron chi connectivity index (χ4n) is 4.34. The molecule has 0 amide bonds. The van der Waals surface area contributed by atoms with Gasteiger partial charge in [-0.15, -0.1) is 10.2 Å². The van der Waals surface area contributed by atoms with Crippen molar-refractivity contribution < 1.29 is 4.92 Å². The smallest absolute Gasteiger partial charge is 0.283 e. The summed E-state index contributed by atoms with van der Waals surface area (Å²) in [6.45, 7) is 6.92. The Morgan fingerprint density at radius 2 is 2.21 bits per heavy atom. The third-order valence-electron chi connectivity index (χ3n) is 6.72. The van der Waals surface area contributed by atoms with Crippen molar-refractivity contribution in [2.24, 2.45) is 28.9 Å². The SMILES string of the molecule is Cn1cnnc1Sc1ccc(/C=N\NC2=C[C@H]3CC[C@]2(C)C3(C)C)cc1[N+](=O)[O-]. The molecule has 0 unspecified atom stereocenters. The molecule has 0 spiro atoms. The maximum atomic E-state index is 11.6. The number of hydrogen-bond donors (Lipinski definition) is 1. The van der Waals surface area contributed by atoms with Crippen molar-refractivity contribution in [3.05, 3.63) is 52.0 Å². The normalized spacial score (nSPS) is 24.8. The molecule has 1 heterocycles. The summed E-state index contributed by atoms with van der Waals surface area (Å²) < 4.78 is 1.72. The zero-order valence-electron chi connectivity index (χ0n) is 16.9. The van der Waals surface area contributed by atoms with Crippen molar-refractivity contribution in [2.75, 3.05) is 0 Å². The first kappa shape index (κ1) is 19.6. The van der Waals surface area contributed by atoms with Crippen molar-refractivity contribution in [2.45, 2.75) is 43.7 Å². The van der Waals surface area contributed by atoms with Gasteiger partial charge in [-0.25, -0.2) is 0 Å². The Hall–Kier alpha value is -2.68. The summed E-state index contributed by atoms with van der Waals surface area (Å²) in [5, 5.41) is 24.3. The molecule has 2 atom stereocenters. The van der Waals surface area contributed by atoms with Crippen molar-refractivity contribution in [1.29, 1.82) is 0 Å². The number of aromatic nitrogens is 3. The molecule has 9 heteroatoms. The second kappa shape index (κ2) is 6.98. The maximum Gasteiger partial charge on any atom is 0.283 e. The summed E-state index contributed by atoms with van der Waals surface area (Å²) in [6.07, 6.45) is 7.86. The van der Waals surface area contributed by atoms with E-state index in [1.54, 1.807) is 30.2 Å². The summed E-state index contributed by atoms with van der Waals surface area (Å²) in [4.78, 5) is 11.7. The van der Waals surface area contributed by atoms with Gasteiger partial charge in [0.15, 0.2) is 5.16 Å². The lowest BCUT2D eigenvalue weighted by atomic mass is 9.69. The molecule has 1 aromatic carbocycles. The van der Waals surface area contributed by atoms with Gasteiger partial charge >= 0.3 is 0 Å². The van der Waals surface area contributed by atoms with E-state index in [4.69, 9.17) is 0 Å². The van der Waals surface area contributed by atoms with Crippen LogP contribution in [0.1, 0.15) is 39.2 Å². The first-order chi connectivity index (χ1) is 13.7. The van der Waals surface area contributed by atoms with Gasteiger partial charge in [-0.2, -0.15) is 5.10 Å². The van der Waals surface area contributed by atoms with Crippen LogP contribution in [0.3, 0.4) is 0 Å². The van der Waals surface area contributed by atoms with Crippen LogP contribution in [0.4, 0.5) is 5.69 Å². The number of nitro benzene ring substituents is 1. The summed E-state index contributed by atoms with van der Waals surface area (Å²) in [5.74, 6) is 0.572. The molecular formula is C20H24N6O2S. The van der Waals surface area contributed by atoms with Crippen molar-refractivity contribution in [3.8, 4) is 0 Å². The number of nitrogens with zero attached hydrogens (tertiary/aromatic N) is 5. The van der Waals surface area contributed by atoms with E-state index in [-0.39, 0.29) is 21.4 Å². The molecule has 152 valence electrons. The minimum Gasteiger partial charge on any atom is -0.311 e. The van der Waals surface area contributed by atoms with E-state index in [1.807, 2.05) is 6.07 Å². The van der Waals surface area contributed by atoms with Gasteiger partial charge in [-0.1, -0.05) is 32.9 Å².